The van der Waals surface area contributed by atoms with E-state index >= 15 is 0 Å². The van der Waals surface area contributed by atoms with E-state index in [1.165, 1.54) is 22.9 Å². The number of anilines is 1. The lowest BCUT2D eigenvalue weighted by Gasteiger charge is -2.10. The van der Waals surface area contributed by atoms with Crippen LogP contribution in [0.25, 0.3) is 0 Å². The molecule has 2 rings (SSSR count). The second kappa shape index (κ2) is 5.12. The molecule has 0 heterocycles. The Balaban J connectivity index is 2.51. The summed E-state index contributed by atoms with van der Waals surface area (Å²) in [6.45, 7) is 0. The fourth-order valence-corrected chi connectivity index (χ4v) is 2.54. The highest BCUT2D eigenvalue weighted by Gasteiger charge is 2.24. The van der Waals surface area contributed by atoms with Gasteiger partial charge in [0, 0.05) is 6.07 Å². The van der Waals surface area contributed by atoms with Crippen molar-refractivity contribution >= 4 is 15.7 Å². The molecule has 0 spiro atoms. The van der Waals surface area contributed by atoms with Crippen LogP contribution in [0.4, 0.5) is 23.2 Å². The summed E-state index contributed by atoms with van der Waals surface area (Å²) in [4.78, 5) is -0.302. The Morgan fingerprint density at radius 2 is 1.35 bits per heavy atom. The molecule has 20 heavy (non-hydrogen) atoms. The van der Waals surface area contributed by atoms with E-state index < -0.39 is 39.0 Å². The molecular weight excluding hydrogens is 298 g/mol. The molecule has 0 aliphatic heterocycles. The molecule has 0 amide bonds. The first-order valence-electron chi connectivity index (χ1n) is 5.24. The summed E-state index contributed by atoms with van der Waals surface area (Å²) in [5, 5.41) is 0. The van der Waals surface area contributed by atoms with Gasteiger partial charge in [-0.05, 0) is 12.1 Å². The first-order valence-corrected chi connectivity index (χ1v) is 6.72. The Morgan fingerprint density at radius 1 is 0.850 bits per heavy atom. The van der Waals surface area contributed by atoms with Crippen molar-refractivity contribution in [2.45, 2.75) is 4.90 Å². The van der Waals surface area contributed by atoms with Gasteiger partial charge in [0.15, 0.2) is 23.3 Å². The molecule has 2 aromatic rings. The third-order valence-corrected chi connectivity index (χ3v) is 3.77. The molecule has 8 heteroatoms. The molecule has 0 unspecified atom stereocenters. The Labute approximate surface area is 111 Å². The molecule has 106 valence electrons. The zero-order valence-corrected chi connectivity index (χ0v) is 10.5. The monoisotopic (exact) mass is 305 g/mol. The van der Waals surface area contributed by atoms with Gasteiger partial charge in [-0.3, -0.25) is 4.72 Å². The predicted molar refractivity (Wildman–Crippen MR) is 63.5 cm³/mol. The summed E-state index contributed by atoms with van der Waals surface area (Å²) in [5.41, 5.74) is -1.40. The molecular formula is C12H7F4NO2S. The zero-order valence-electron chi connectivity index (χ0n) is 9.70. The first-order chi connectivity index (χ1) is 9.33. The van der Waals surface area contributed by atoms with Crippen molar-refractivity contribution in [3.8, 4) is 0 Å². The molecule has 0 atom stereocenters. The number of benzene rings is 2. The largest absolute Gasteiger partial charge is 0.274 e. The minimum Gasteiger partial charge on any atom is -0.274 e. The van der Waals surface area contributed by atoms with Crippen molar-refractivity contribution < 1.29 is 26.0 Å². The van der Waals surface area contributed by atoms with Gasteiger partial charge in [0.1, 0.15) is 5.69 Å². The zero-order chi connectivity index (χ0) is 14.9. The van der Waals surface area contributed by atoms with Crippen molar-refractivity contribution in [3.63, 3.8) is 0 Å². The molecule has 3 nitrogen and oxygen atoms in total. The van der Waals surface area contributed by atoms with Crippen LogP contribution in [0.2, 0.25) is 0 Å². The van der Waals surface area contributed by atoms with E-state index in [4.69, 9.17) is 0 Å². The number of halogens is 4. The van der Waals surface area contributed by atoms with E-state index in [1.807, 2.05) is 0 Å². The molecule has 0 aliphatic rings. The second-order valence-corrected chi connectivity index (χ2v) is 5.44. The van der Waals surface area contributed by atoms with Gasteiger partial charge >= 0.3 is 0 Å². The van der Waals surface area contributed by atoms with Gasteiger partial charge in [-0.2, -0.15) is 0 Å². The lowest BCUT2D eigenvalue weighted by molar-refractivity contribution is 0.459. The van der Waals surface area contributed by atoms with Crippen LogP contribution in [0.15, 0.2) is 41.3 Å². The van der Waals surface area contributed by atoms with E-state index in [-0.39, 0.29) is 11.0 Å². The minimum atomic E-state index is -4.36. The number of rotatable bonds is 3. The van der Waals surface area contributed by atoms with Crippen LogP contribution >= 0.6 is 0 Å². The summed E-state index contributed by atoms with van der Waals surface area (Å²) >= 11 is 0. The van der Waals surface area contributed by atoms with E-state index in [2.05, 4.69) is 0 Å². The van der Waals surface area contributed by atoms with Gasteiger partial charge in [0.25, 0.3) is 10.0 Å². The molecule has 2 aromatic carbocycles. The average molecular weight is 305 g/mol. The van der Waals surface area contributed by atoms with Crippen molar-refractivity contribution in [2.24, 2.45) is 0 Å². The highest BCUT2D eigenvalue weighted by atomic mass is 32.2. The van der Waals surface area contributed by atoms with E-state index in [0.717, 1.165) is 12.1 Å². The fourth-order valence-electron chi connectivity index (χ4n) is 1.46. The highest BCUT2D eigenvalue weighted by Crippen LogP contribution is 2.26. The highest BCUT2D eigenvalue weighted by molar-refractivity contribution is 7.92. The normalized spacial score (nSPS) is 11.4. The third kappa shape index (κ3) is 2.60. The summed E-state index contributed by atoms with van der Waals surface area (Å²) in [7, 11) is -4.36. The topological polar surface area (TPSA) is 46.2 Å². The Kier molecular flexibility index (Phi) is 3.67. The molecule has 0 aliphatic carbocycles. The van der Waals surface area contributed by atoms with Crippen molar-refractivity contribution in [2.75, 3.05) is 4.72 Å². The average Bonchev–Trinajstić information content (AvgIpc) is 2.42. The SMILES string of the molecule is O=S(=O)(Nc1c(F)c(F)cc(F)c1F)c1ccccc1. The number of nitrogens with one attached hydrogen (secondary N) is 1. The van der Waals surface area contributed by atoms with Gasteiger partial charge in [-0.15, -0.1) is 0 Å². The van der Waals surface area contributed by atoms with Gasteiger partial charge < -0.3 is 0 Å². The fraction of sp³-hybridized carbons (Fsp3) is 0. The lowest BCUT2D eigenvalue weighted by atomic mass is 10.3. The van der Waals surface area contributed by atoms with Crippen molar-refractivity contribution in [3.05, 3.63) is 59.7 Å². The smallest absolute Gasteiger partial charge is 0.262 e. The Morgan fingerprint density at radius 3 is 1.85 bits per heavy atom. The summed E-state index contributed by atoms with van der Waals surface area (Å²) in [6.07, 6.45) is 0. The quantitative estimate of drug-likeness (QED) is 0.700. The van der Waals surface area contributed by atoms with E-state index in [1.54, 1.807) is 0 Å². The Hall–Kier alpha value is -2.09. The van der Waals surface area contributed by atoms with E-state index in [0.29, 0.717) is 0 Å². The standard InChI is InChI=1S/C12H7F4NO2S/c13-8-6-9(14)11(16)12(10(8)15)17-20(18,19)7-4-2-1-3-5-7/h1-6,17H. The molecule has 0 saturated carbocycles. The van der Waals surface area contributed by atoms with Crippen LogP contribution < -0.4 is 4.72 Å². The molecule has 1 N–H and O–H groups in total. The molecule has 0 saturated heterocycles. The van der Waals surface area contributed by atoms with Crippen LogP contribution in [-0.2, 0) is 10.0 Å². The van der Waals surface area contributed by atoms with Gasteiger partial charge in [0.2, 0.25) is 0 Å². The maximum Gasteiger partial charge on any atom is 0.262 e. The first kappa shape index (κ1) is 14.3. The number of hydrogen-bond acceptors (Lipinski definition) is 2. The van der Waals surface area contributed by atoms with Crippen molar-refractivity contribution in [1.29, 1.82) is 0 Å². The maximum atomic E-state index is 13.4. The van der Waals surface area contributed by atoms with Crippen LogP contribution in [0.1, 0.15) is 0 Å². The molecule has 0 fully saturated rings. The predicted octanol–water partition coefficient (Wildman–Crippen LogP) is 3.04. The second-order valence-electron chi connectivity index (χ2n) is 3.76. The minimum absolute atomic E-state index is 0.00895. The van der Waals surface area contributed by atoms with Crippen LogP contribution in [0, 0.1) is 23.3 Å². The lowest BCUT2D eigenvalue weighted by Crippen LogP contribution is -2.16. The summed E-state index contributed by atoms with van der Waals surface area (Å²) in [5.74, 6) is -7.03. The third-order valence-electron chi connectivity index (χ3n) is 2.40. The molecule has 0 aromatic heterocycles. The van der Waals surface area contributed by atoms with Gasteiger partial charge in [-0.1, -0.05) is 18.2 Å². The summed E-state index contributed by atoms with van der Waals surface area (Å²) < 4.78 is 77.9. The van der Waals surface area contributed by atoms with Gasteiger partial charge in [0.05, 0.1) is 4.90 Å². The van der Waals surface area contributed by atoms with E-state index in [9.17, 15) is 26.0 Å². The molecule has 0 bridgehead atoms. The summed E-state index contributed by atoms with van der Waals surface area (Å²) in [6, 6.07) is 6.61. The van der Waals surface area contributed by atoms with Gasteiger partial charge in [-0.25, -0.2) is 26.0 Å². The van der Waals surface area contributed by atoms with Crippen LogP contribution in [0.3, 0.4) is 0 Å². The Bertz CT molecular complexity index is 722. The van der Waals surface area contributed by atoms with Crippen LogP contribution in [0.5, 0.6) is 0 Å². The van der Waals surface area contributed by atoms with Crippen LogP contribution in [-0.4, -0.2) is 8.42 Å². The molecule has 0 radical (unpaired) electrons. The maximum absolute atomic E-state index is 13.4. The number of hydrogen-bond donors (Lipinski definition) is 1. The number of sulfonamides is 1. The van der Waals surface area contributed by atoms with Crippen molar-refractivity contribution in [1.82, 2.24) is 0 Å².